The molecule has 28 heavy (non-hydrogen) atoms. The van der Waals surface area contributed by atoms with E-state index < -0.39 is 0 Å². The molecule has 0 unspecified atom stereocenters. The highest BCUT2D eigenvalue weighted by molar-refractivity contribution is 6.07. The lowest BCUT2D eigenvalue weighted by molar-refractivity contribution is 0.102. The number of amides is 1. The molecule has 138 valence electrons. The zero-order chi connectivity index (χ0) is 19.3. The Morgan fingerprint density at radius 1 is 0.893 bits per heavy atom. The summed E-state index contributed by atoms with van der Waals surface area (Å²) in [6, 6.07) is 19.0. The van der Waals surface area contributed by atoms with Crippen molar-refractivity contribution in [1.29, 1.82) is 0 Å². The molecule has 0 aliphatic carbocycles. The minimum atomic E-state index is -0.313. The third-order valence-electron chi connectivity index (χ3n) is 4.41. The smallest absolute Gasteiger partial charge is 0.274 e. The van der Waals surface area contributed by atoms with Crippen LogP contribution in [-0.4, -0.2) is 20.9 Å². The van der Waals surface area contributed by atoms with Gasteiger partial charge in [0.2, 0.25) is 5.95 Å². The number of carbonyl (C=O) groups is 1. The lowest BCUT2D eigenvalue weighted by atomic mass is 10.1. The van der Waals surface area contributed by atoms with Crippen molar-refractivity contribution in [3.05, 3.63) is 84.3 Å². The summed E-state index contributed by atoms with van der Waals surface area (Å²) >= 11 is 0. The number of rotatable bonds is 5. The predicted octanol–water partition coefficient (Wildman–Crippen LogP) is 4.58. The van der Waals surface area contributed by atoms with E-state index in [0.717, 1.165) is 28.6 Å². The number of fused-ring (bicyclic) bond motifs is 1. The number of carbonyl (C=O) groups excluding carboxylic acids is 1. The van der Waals surface area contributed by atoms with Crippen molar-refractivity contribution in [3.63, 3.8) is 0 Å². The van der Waals surface area contributed by atoms with Crippen LogP contribution in [0.1, 0.15) is 23.0 Å². The van der Waals surface area contributed by atoms with Crippen molar-refractivity contribution in [2.24, 2.45) is 0 Å². The Hall–Kier alpha value is -3.80. The number of aryl methyl sites for hydroxylation is 1. The quantitative estimate of drug-likeness (QED) is 0.538. The Kier molecular flexibility index (Phi) is 4.93. The molecular weight excluding hydrogens is 350 g/mol. The summed E-state index contributed by atoms with van der Waals surface area (Å²) in [4.78, 5) is 25.7. The van der Waals surface area contributed by atoms with E-state index >= 15 is 0 Å². The fourth-order valence-corrected chi connectivity index (χ4v) is 3.01. The largest absolute Gasteiger partial charge is 0.324 e. The molecule has 1 amide bonds. The van der Waals surface area contributed by atoms with Gasteiger partial charge in [0.1, 0.15) is 5.69 Å². The summed E-state index contributed by atoms with van der Waals surface area (Å²) in [6.07, 6.45) is 4.16. The molecule has 0 fully saturated rings. The lowest BCUT2D eigenvalue weighted by Gasteiger charge is -2.11. The Morgan fingerprint density at radius 2 is 1.71 bits per heavy atom. The number of aromatic nitrogens is 3. The molecule has 0 spiro atoms. The first kappa shape index (κ1) is 17.6. The third-order valence-corrected chi connectivity index (χ3v) is 4.41. The average molecular weight is 369 g/mol. The van der Waals surface area contributed by atoms with Crippen LogP contribution in [0.25, 0.3) is 10.9 Å². The third kappa shape index (κ3) is 3.66. The first-order chi connectivity index (χ1) is 13.7. The maximum atomic E-state index is 12.7. The van der Waals surface area contributed by atoms with Gasteiger partial charge in [0.25, 0.3) is 5.91 Å². The van der Waals surface area contributed by atoms with Crippen LogP contribution in [0.3, 0.4) is 0 Å². The van der Waals surface area contributed by atoms with Crippen LogP contribution in [0, 0.1) is 0 Å². The summed E-state index contributed by atoms with van der Waals surface area (Å²) in [7, 11) is 0. The van der Waals surface area contributed by atoms with Gasteiger partial charge in [-0.05, 0) is 36.2 Å². The number of para-hydroxylation sites is 2. The van der Waals surface area contributed by atoms with E-state index in [4.69, 9.17) is 0 Å². The van der Waals surface area contributed by atoms with E-state index in [1.165, 1.54) is 0 Å². The number of benzene rings is 2. The van der Waals surface area contributed by atoms with Gasteiger partial charge in [-0.15, -0.1) is 0 Å². The number of nitrogens with one attached hydrogen (secondary N) is 2. The van der Waals surface area contributed by atoms with Crippen LogP contribution in [0.2, 0.25) is 0 Å². The van der Waals surface area contributed by atoms with Gasteiger partial charge in [-0.1, -0.05) is 43.3 Å². The van der Waals surface area contributed by atoms with Crippen LogP contribution in [0.15, 0.2) is 73.1 Å². The Morgan fingerprint density at radius 3 is 2.61 bits per heavy atom. The van der Waals surface area contributed by atoms with Crippen LogP contribution >= 0.6 is 0 Å². The number of anilines is 3. The van der Waals surface area contributed by atoms with E-state index in [9.17, 15) is 4.79 Å². The molecule has 0 atom stereocenters. The van der Waals surface area contributed by atoms with Gasteiger partial charge < -0.3 is 10.6 Å². The Bertz CT molecular complexity index is 1140. The summed E-state index contributed by atoms with van der Waals surface area (Å²) in [6.45, 7) is 2.09. The Balaban J connectivity index is 1.58. The van der Waals surface area contributed by atoms with Gasteiger partial charge in [-0.25, -0.2) is 9.97 Å². The molecule has 6 nitrogen and oxygen atoms in total. The van der Waals surface area contributed by atoms with Gasteiger partial charge in [-0.3, -0.25) is 9.78 Å². The molecule has 4 rings (SSSR count). The number of hydrogen-bond acceptors (Lipinski definition) is 5. The minimum Gasteiger partial charge on any atom is -0.324 e. The molecule has 2 N–H and O–H groups in total. The molecule has 2 aromatic heterocycles. The first-order valence-electron chi connectivity index (χ1n) is 9.07. The maximum absolute atomic E-state index is 12.7. The first-order valence-corrected chi connectivity index (χ1v) is 9.07. The average Bonchev–Trinajstić information content (AvgIpc) is 2.74. The van der Waals surface area contributed by atoms with E-state index in [2.05, 4.69) is 32.5 Å². The van der Waals surface area contributed by atoms with Crippen molar-refractivity contribution in [3.8, 4) is 0 Å². The van der Waals surface area contributed by atoms with Gasteiger partial charge in [-0.2, -0.15) is 0 Å². The highest BCUT2D eigenvalue weighted by Gasteiger charge is 2.12. The standard InChI is InChI=1S/C22H19N5O/c1-2-15-7-3-4-10-17(15)26-22-24-14-12-19(27-22)21(28)25-18-11-5-8-16-9-6-13-23-20(16)18/h3-14H,2H2,1H3,(H,25,28)(H,24,26,27). The monoisotopic (exact) mass is 369 g/mol. The van der Waals surface area contributed by atoms with E-state index in [-0.39, 0.29) is 11.6 Å². The van der Waals surface area contributed by atoms with Crippen molar-refractivity contribution in [2.45, 2.75) is 13.3 Å². The fourth-order valence-electron chi connectivity index (χ4n) is 3.01. The zero-order valence-corrected chi connectivity index (χ0v) is 15.4. The lowest BCUT2D eigenvalue weighted by Crippen LogP contribution is -2.15. The van der Waals surface area contributed by atoms with E-state index in [1.807, 2.05) is 54.6 Å². The minimum absolute atomic E-state index is 0.277. The second kappa shape index (κ2) is 7.84. The van der Waals surface area contributed by atoms with Crippen molar-refractivity contribution >= 4 is 34.1 Å². The number of hydrogen-bond donors (Lipinski definition) is 2. The Labute approximate surface area is 162 Å². The zero-order valence-electron chi connectivity index (χ0n) is 15.4. The van der Waals surface area contributed by atoms with Gasteiger partial charge in [0.15, 0.2) is 0 Å². The highest BCUT2D eigenvalue weighted by atomic mass is 16.1. The molecule has 0 aliphatic rings. The van der Waals surface area contributed by atoms with Crippen LogP contribution in [-0.2, 0) is 6.42 Å². The van der Waals surface area contributed by atoms with Crippen molar-refractivity contribution < 1.29 is 4.79 Å². The second-order valence-corrected chi connectivity index (χ2v) is 6.24. The molecule has 0 saturated heterocycles. The van der Waals surface area contributed by atoms with Crippen LogP contribution in [0.5, 0.6) is 0 Å². The topological polar surface area (TPSA) is 79.8 Å². The molecule has 0 radical (unpaired) electrons. The second-order valence-electron chi connectivity index (χ2n) is 6.24. The summed E-state index contributed by atoms with van der Waals surface area (Å²) in [5.41, 5.74) is 3.75. The molecule has 4 aromatic rings. The summed E-state index contributed by atoms with van der Waals surface area (Å²) in [5.74, 6) is 0.0666. The highest BCUT2D eigenvalue weighted by Crippen LogP contribution is 2.22. The maximum Gasteiger partial charge on any atom is 0.274 e. The molecule has 0 aliphatic heterocycles. The van der Waals surface area contributed by atoms with Gasteiger partial charge >= 0.3 is 0 Å². The van der Waals surface area contributed by atoms with Crippen molar-refractivity contribution in [1.82, 2.24) is 15.0 Å². The van der Waals surface area contributed by atoms with Gasteiger partial charge in [0, 0.05) is 23.5 Å². The van der Waals surface area contributed by atoms with Crippen LogP contribution < -0.4 is 10.6 Å². The predicted molar refractivity (Wildman–Crippen MR) is 111 cm³/mol. The van der Waals surface area contributed by atoms with E-state index in [1.54, 1.807) is 18.5 Å². The van der Waals surface area contributed by atoms with Crippen LogP contribution in [0.4, 0.5) is 17.3 Å². The summed E-state index contributed by atoms with van der Waals surface area (Å²) < 4.78 is 0. The number of pyridine rings is 1. The van der Waals surface area contributed by atoms with Gasteiger partial charge in [0.05, 0.1) is 11.2 Å². The molecule has 0 saturated carbocycles. The van der Waals surface area contributed by atoms with E-state index in [0.29, 0.717) is 11.6 Å². The molecule has 6 heteroatoms. The summed E-state index contributed by atoms with van der Waals surface area (Å²) in [5, 5.41) is 7.05. The molecular formula is C22H19N5O. The molecule has 0 bridgehead atoms. The van der Waals surface area contributed by atoms with Crippen molar-refractivity contribution in [2.75, 3.05) is 10.6 Å². The normalized spacial score (nSPS) is 10.6. The molecule has 2 heterocycles. The number of nitrogens with zero attached hydrogens (tertiary/aromatic N) is 3. The SMILES string of the molecule is CCc1ccccc1Nc1nccc(C(=O)Nc2cccc3cccnc23)n1. The molecule has 2 aromatic carbocycles. The fraction of sp³-hybridized carbons (Fsp3) is 0.0909.